The van der Waals surface area contributed by atoms with Crippen molar-refractivity contribution in [1.82, 2.24) is 14.9 Å². The smallest absolute Gasteiger partial charge is 0.416 e. The first-order valence-corrected chi connectivity index (χ1v) is 9.17. The lowest BCUT2D eigenvalue weighted by atomic mass is 10.1. The molecule has 0 atom stereocenters. The van der Waals surface area contributed by atoms with Crippen molar-refractivity contribution in [3.8, 4) is 5.75 Å². The average Bonchev–Trinajstić information content (AvgIpc) is 2.68. The quantitative estimate of drug-likeness (QED) is 0.702. The zero-order valence-corrected chi connectivity index (χ0v) is 15.4. The van der Waals surface area contributed by atoms with Gasteiger partial charge in [0.25, 0.3) is 5.56 Å². The van der Waals surface area contributed by atoms with Crippen LogP contribution >= 0.6 is 0 Å². The minimum Gasteiger partial charge on any atom is -0.506 e. The van der Waals surface area contributed by atoms with Crippen molar-refractivity contribution in [2.75, 3.05) is 31.1 Å². The number of nitrogens with zero attached hydrogens (tertiary/aromatic N) is 3. The van der Waals surface area contributed by atoms with Gasteiger partial charge < -0.3 is 15.0 Å². The molecule has 0 saturated carbocycles. The Labute approximate surface area is 164 Å². The van der Waals surface area contributed by atoms with Gasteiger partial charge in [-0.2, -0.15) is 13.2 Å². The van der Waals surface area contributed by atoms with Crippen LogP contribution in [-0.4, -0.2) is 46.2 Å². The monoisotopic (exact) mass is 404 g/mol. The fourth-order valence-electron chi connectivity index (χ4n) is 3.53. The summed E-state index contributed by atoms with van der Waals surface area (Å²) in [6.45, 7) is 3.01. The molecule has 0 bridgehead atoms. The van der Waals surface area contributed by atoms with E-state index in [9.17, 15) is 23.1 Å². The minimum absolute atomic E-state index is 0.0337. The Morgan fingerprint density at radius 1 is 1.07 bits per heavy atom. The summed E-state index contributed by atoms with van der Waals surface area (Å²) in [5, 5.41) is 10.1. The fourth-order valence-corrected chi connectivity index (χ4v) is 3.53. The van der Waals surface area contributed by atoms with E-state index >= 15 is 0 Å². The van der Waals surface area contributed by atoms with Crippen molar-refractivity contribution >= 4 is 16.6 Å². The van der Waals surface area contributed by atoms with Crippen LogP contribution in [0.25, 0.3) is 10.9 Å². The van der Waals surface area contributed by atoms with Crippen LogP contribution in [0.3, 0.4) is 0 Å². The Balaban J connectivity index is 1.50. The second-order valence-corrected chi connectivity index (χ2v) is 6.99. The number of aromatic hydroxyl groups is 1. The highest BCUT2D eigenvalue weighted by Gasteiger charge is 2.31. The van der Waals surface area contributed by atoms with Crippen molar-refractivity contribution in [2.45, 2.75) is 12.7 Å². The molecule has 1 aromatic heterocycles. The number of aromatic nitrogens is 2. The summed E-state index contributed by atoms with van der Waals surface area (Å²) in [7, 11) is 0. The molecule has 4 rings (SSSR count). The molecule has 0 spiro atoms. The number of phenols is 1. The summed E-state index contributed by atoms with van der Waals surface area (Å²) in [6.07, 6.45) is -4.49. The number of hydrogen-bond acceptors (Lipinski definition) is 5. The lowest BCUT2D eigenvalue weighted by molar-refractivity contribution is -0.137. The molecular formula is C20H19F3N4O2. The zero-order valence-electron chi connectivity index (χ0n) is 15.4. The molecule has 0 unspecified atom stereocenters. The Kier molecular flexibility index (Phi) is 4.91. The fraction of sp³-hybridized carbons (Fsp3) is 0.300. The third kappa shape index (κ3) is 4.04. The predicted molar refractivity (Wildman–Crippen MR) is 103 cm³/mol. The Hall–Kier alpha value is -3.07. The van der Waals surface area contributed by atoms with Gasteiger partial charge in [0.2, 0.25) is 0 Å². The molecule has 152 valence electrons. The van der Waals surface area contributed by atoms with Gasteiger partial charge in [0, 0.05) is 26.2 Å². The topological polar surface area (TPSA) is 72.5 Å². The van der Waals surface area contributed by atoms with Crippen LogP contribution in [0, 0.1) is 0 Å². The average molecular weight is 404 g/mol. The molecule has 1 saturated heterocycles. The van der Waals surface area contributed by atoms with Crippen LogP contribution < -0.4 is 10.5 Å². The van der Waals surface area contributed by atoms with Gasteiger partial charge in [0.05, 0.1) is 28.7 Å². The summed E-state index contributed by atoms with van der Waals surface area (Å²) >= 11 is 0. The van der Waals surface area contributed by atoms with E-state index < -0.39 is 17.3 Å². The molecular weight excluding hydrogens is 385 g/mol. The number of H-pyrrole nitrogens is 1. The lowest BCUT2D eigenvalue weighted by Gasteiger charge is -2.36. The van der Waals surface area contributed by atoms with Crippen LogP contribution in [-0.2, 0) is 12.7 Å². The summed E-state index contributed by atoms with van der Waals surface area (Å²) < 4.78 is 38.9. The molecule has 1 aliphatic heterocycles. The van der Waals surface area contributed by atoms with Crippen molar-refractivity contribution in [2.24, 2.45) is 0 Å². The molecule has 9 heteroatoms. The standard InChI is InChI=1S/C20H19F3N4O2/c21-20(22,23)13-5-6-14-15(11-13)24-18(25-19(14)29)12-26-7-9-27(10-8-26)16-3-1-2-4-17(16)28/h1-6,11,28H,7-10,12H2,(H,24,25,29). The number of nitrogens with one attached hydrogen (secondary N) is 1. The maximum Gasteiger partial charge on any atom is 0.416 e. The molecule has 2 aromatic carbocycles. The third-order valence-electron chi connectivity index (χ3n) is 5.05. The van der Waals surface area contributed by atoms with E-state index in [2.05, 4.69) is 19.8 Å². The number of anilines is 1. The number of piperazine rings is 1. The van der Waals surface area contributed by atoms with E-state index in [4.69, 9.17) is 0 Å². The summed E-state index contributed by atoms with van der Waals surface area (Å²) in [5.41, 5.74) is -0.479. The summed E-state index contributed by atoms with van der Waals surface area (Å²) in [4.78, 5) is 23.3. The van der Waals surface area contributed by atoms with Gasteiger partial charge in [-0.05, 0) is 30.3 Å². The summed E-state index contributed by atoms with van der Waals surface area (Å²) in [5.74, 6) is 0.555. The van der Waals surface area contributed by atoms with Gasteiger partial charge in [-0.3, -0.25) is 9.69 Å². The molecule has 29 heavy (non-hydrogen) atoms. The molecule has 2 heterocycles. The second kappa shape index (κ2) is 7.40. The van der Waals surface area contributed by atoms with Crippen LogP contribution in [0.5, 0.6) is 5.75 Å². The Morgan fingerprint density at radius 2 is 1.79 bits per heavy atom. The summed E-state index contributed by atoms with van der Waals surface area (Å²) in [6, 6.07) is 10.1. The highest BCUT2D eigenvalue weighted by atomic mass is 19.4. The molecule has 3 aromatic rings. The van der Waals surface area contributed by atoms with Crippen molar-refractivity contribution in [3.05, 3.63) is 64.2 Å². The van der Waals surface area contributed by atoms with Crippen molar-refractivity contribution in [3.63, 3.8) is 0 Å². The number of rotatable bonds is 3. The number of alkyl halides is 3. The van der Waals surface area contributed by atoms with E-state index in [0.717, 1.165) is 23.9 Å². The highest BCUT2D eigenvalue weighted by Crippen LogP contribution is 2.30. The number of para-hydroxylation sites is 2. The molecule has 1 aliphatic rings. The van der Waals surface area contributed by atoms with Gasteiger partial charge in [-0.1, -0.05) is 12.1 Å². The Bertz CT molecular complexity index is 1090. The van der Waals surface area contributed by atoms with E-state index in [-0.39, 0.29) is 16.7 Å². The van der Waals surface area contributed by atoms with Gasteiger partial charge >= 0.3 is 6.18 Å². The van der Waals surface area contributed by atoms with E-state index in [1.807, 2.05) is 12.1 Å². The largest absolute Gasteiger partial charge is 0.506 e. The molecule has 6 nitrogen and oxygen atoms in total. The van der Waals surface area contributed by atoms with E-state index in [0.29, 0.717) is 38.5 Å². The van der Waals surface area contributed by atoms with Gasteiger partial charge in [-0.15, -0.1) is 0 Å². The normalized spacial score (nSPS) is 15.8. The second-order valence-electron chi connectivity index (χ2n) is 6.99. The van der Waals surface area contributed by atoms with Crippen molar-refractivity contribution in [1.29, 1.82) is 0 Å². The maximum absolute atomic E-state index is 13.0. The molecule has 0 radical (unpaired) electrons. The minimum atomic E-state index is -4.49. The first-order valence-electron chi connectivity index (χ1n) is 9.17. The van der Waals surface area contributed by atoms with Gasteiger partial charge in [-0.25, -0.2) is 4.98 Å². The molecule has 1 fully saturated rings. The number of halogens is 3. The SMILES string of the molecule is O=c1[nH]c(CN2CCN(c3ccccc3O)CC2)nc2cc(C(F)(F)F)ccc12. The van der Waals surface area contributed by atoms with Gasteiger partial charge in [0.1, 0.15) is 11.6 Å². The number of hydrogen-bond donors (Lipinski definition) is 2. The molecule has 0 aliphatic carbocycles. The van der Waals surface area contributed by atoms with Gasteiger partial charge in [0.15, 0.2) is 0 Å². The van der Waals surface area contributed by atoms with Crippen LogP contribution in [0.2, 0.25) is 0 Å². The van der Waals surface area contributed by atoms with E-state index in [1.54, 1.807) is 12.1 Å². The number of fused-ring (bicyclic) bond motifs is 1. The number of benzene rings is 2. The lowest BCUT2D eigenvalue weighted by Crippen LogP contribution is -2.46. The first-order chi connectivity index (χ1) is 13.8. The highest BCUT2D eigenvalue weighted by molar-refractivity contribution is 5.78. The van der Waals surface area contributed by atoms with Crippen molar-refractivity contribution < 1.29 is 18.3 Å². The maximum atomic E-state index is 13.0. The predicted octanol–water partition coefficient (Wildman–Crippen LogP) is 2.97. The molecule has 0 amide bonds. The number of phenolic OH excluding ortho intramolecular Hbond substituents is 1. The zero-order chi connectivity index (χ0) is 20.6. The molecule has 2 N–H and O–H groups in total. The third-order valence-corrected chi connectivity index (χ3v) is 5.05. The van der Waals surface area contributed by atoms with Crippen LogP contribution in [0.4, 0.5) is 18.9 Å². The van der Waals surface area contributed by atoms with Crippen LogP contribution in [0.1, 0.15) is 11.4 Å². The van der Waals surface area contributed by atoms with E-state index in [1.165, 1.54) is 0 Å². The first kappa shape index (κ1) is 19.3. The van der Waals surface area contributed by atoms with Crippen LogP contribution in [0.15, 0.2) is 47.3 Å². The number of aromatic amines is 1. The Morgan fingerprint density at radius 3 is 2.48 bits per heavy atom.